The van der Waals surface area contributed by atoms with Crippen molar-refractivity contribution in [1.29, 1.82) is 0 Å². The Bertz CT molecular complexity index is 538. The van der Waals surface area contributed by atoms with Gasteiger partial charge in [-0.3, -0.25) is 9.59 Å². The molecule has 1 aromatic heterocycles. The molecule has 6 heteroatoms. The van der Waals surface area contributed by atoms with E-state index in [-0.39, 0.29) is 5.78 Å². The molecule has 0 radical (unpaired) electrons. The predicted molar refractivity (Wildman–Crippen MR) is 73.7 cm³/mol. The van der Waals surface area contributed by atoms with Crippen molar-refractivity contribution in [3.8, 4) is 0 Å². The Morgan fingerprint density at radius 2 is 2.00 bits per heavy atom. The number of hydrogen-bond donors (Lipinski definition) is 0. The third-order valence-electron chi connectivity index (χ3n) is 3.98. The van der Waals surface area contributed by atoms with Gasteiger partial charge in [0.1, 0.15) is 0 Å². The summed E-state index contributed by atoms with van der Waals surface area (Å²) in [5.41, 5.74) is 1.55. The van der Waals surface area contributed by atoms with E-state index in [4.69, 9.17) is 0 Å². The summed E-state index contributed by atoms with van der Waals surface area (Å²) in [6.45, 7) is 4.94. The van der Waals surface area contributed by atoms with Crippen LogP contribution in [-0.2, 0) is 11.2 Å². The third-order valence-corrected chi connectivity index (χ3v) is 3.98. The van der Waals surface area contributed by atoms with Crippen molar-refractivity contribution in [3.05, 3.63) is 17.5 Å². The number of hydrogen-bond acceptors (Lipinski definition) is 5. The smallest absolute Gasteiger partial charge is 0.225 e. The zero-order valence-electron chi connectivity index (χ0n) is 11.6. The lowest BCUT2D eigenvalue weighted by Gasteiger charge is -2.33. The van der Waals surface area contributed by atoms with Crippen LogP contribution in [-0.4, -0.2) is 53.2 Å². The Morgan fingerprint density at radius 3 is 2.70 bits per heavy atom. The lowest BCUT2D eigenvalue weighted by molar-refractivity contribution is -0.118. The van der Waals surface area contributed by atoms with Gasteiger partial charge in [0.25, 0.3) is 0 Å². The Kier molecular flexibility index (Phi) is 3.38. The second-order valence-corrected chi connectivity index (χ2v) is 5.60. The van der Waals surface area contributed by atoms with E-state index in [2.05, 4.69) is 21.8 Å². The number of ketones is 1. The second kappa shape index (κ2) is 5.19. The average Bonchev–Trinajstić information content (AvgIpc) is 2.46. The Balaban J connectivity index is 1.80. The summed E-state index contributed by atoms with van der Waals surface area (Å²) in [7, 11) is 0. The number of aromatic nitrogens is 2. The van der Waals surface area contributed by atoms with Crippen molar-refractivity contribution in [3.63, 3.8) is 0 Å². The van der Waals surface area contributed by atoms with E-state index in [1.165, 1.54) is 0 Å². The van der Waals surface area contributed by atoms with Crippen LogP contribution in [0.1, 0.15) is 29.4 Å². The topological polar surface area (TPSA) is 66.4 Å². The monoisotopic (exact) mass is 274 g/mol. The van der Waals surface area contributed by atoms with Crippen molar-refractivity contribution >= 4 is 18.1 Å². The van der Waals surface area contributed by atoms with Gasteiger partial charge in [-0.1, -0.05) is 6.92 Å². The van der Waals surface area contributed by atoms with E-state index >= 15 is 0 Å². The minimum absolute atomic E-state index is 0.149. The van der Waals surface area contributed by atoms with E-state index in [9.17, 15) is 9.59 Å². The highest BCUT2D eigenvalue weighted by Crippen LogP contribution is 2.25. The van der Waals surface area contributed by atoms with Gasteiger partial charge in [0.2, 0.25) is 12.4 Å². The maximum Gasteiger partial charge on any atom is 0.225 e. The van der Waals surface area contributed by atoms with Crippen LogP contribution in [0.5, 0.6) is 0 Å². The zero-order valence-corrected chi connectivity index (χ0v) is 11.6. The third kappa shape index (κ3) is 2.37. The molecule has 0 aromatic carbocycles. The summed E-state index contributed by atoms with van der Waals surface area (Å²) >= 11 is 0. The summed E-state index contributed by atoms with van der Waals surface area (Å²) in [6.07, 6.45) is 3.97. The molecule has 2 aliphatic rings. The van der Waals surface area contributed by atoms with Gasteiger partial charge in [-0.2, -0.15) is 0 Å². The first-order valence-electron chi connectivity index (χ1n) is 7.01. The highest BCUT2D eigenvalue weighted by molar-refractivity contribution is 5.98. The largest absolute Gasteiger partial charge is 0.342 e. The molecule has 0 N–H and O–H groups in total. The van der Waals surface area contributed by atoms with E-state index in [1.807, 2.05) is 0 Å². The Morgan fingerprint density at radius 1 is 1.25 bits per heavy atom. The molecule has 106 valence electrons. The molecule has 6 nitrogen and oxygen atoms in total. The number of anilines is 1. The summed E-state index contributed by atoms with van der Waals surface area (Å²) in [4.78, 5) is 35.4. The van der Waals surface area contributed by atoms with Crippen LogP contribution in [0.4, 0.5) is 5.95 Å². The second-order valence-electron chi connectivity index (χ2n) is 5.60. The molecule has 1 fully saturated rings. The van der Waals surface area contributed by atoms with Gasteiger partial charge in [-0.05, 0) is 12.3 Å². The van der Waals surface area contributed by atoms with Crippen LogP contribution in [0, 0.1) is 5.92 Å². The van der Waals surface area contributed by atoms with E-state index in [1.54, 1.807) is 11.1 Å². The van der Waals surface area contributed by atoms with Gasteiger partial charge in [0.15, 0.2) is 5.78 Å². The fourth-order valence-electron chi connectivity index (χ4n) is 2.80. The Hall–Kier alpha value is -1.98. The van der Waals surface area contributed by atoms with Gasteiger partial charge in [-0.15, -0.1) is 0 Å². The van der Waals surface area contributed by atoms with Crippen LogP contribution in [0.3, 0.4) is 0 Å². The lowest BCUT2D eigenvalue weighted by atomic mass is 9.88. The molecule has 1 aliphatic heterocycles. The molecule has 1 amide bonds. The standard InChI is InChI=1S/C14H18N4O2/c1-10-6-12-11(13(20)7-10)8-15-14(16-12)18-4-2-17(9-19)3-5-18/h8-10H,2-7H2,1H3. The van der Waals surface area contributed by atoms with Gasteiger partial charge in [0.05, 0.1) is 11.3 Å². The quantitative estimate of drug-likeness (QED) is 0.736. The molecular formula is C14H18N4O2. The first-order valence-corrected chi connectivity index (χ1v) is 7.01. The van der Waals surface area contributed by atoms with Crippen LogP contribution >= 0.6 is 0 Å². The van der Waals surface area contributed by atoms with Gasteiger partial charge in [0, 0.05) is 38.8 Å². The maximum absolute atomic E-state index is 11.9. The zero-order chi connectivity index (χ0) is 14.1. The number of carbonyl (C=O) groups excluding carboxylic acids is 2. The number of fused-ring (bicyclic) bond motifs is 1. The molecule has 1 unspecified atom stereocenters. The fourth-order valence-corrected chi connectivity index (χ4v) is 2.80. The number of piperazine rings is 1. The molecule has 2 heterocycles. The van der Waals surface area contributed by atoms with Crippen molar-refractivity contribution in [2.24, 2.45) is 5.92 Å². The number of nitrogens with zero attached hydrogens (tertiary/aromatic N) is 4. The molecule has 0 saturated carbocycles. The normalized spacial score (nSPS) is 22.6. The first-order chi connectivity index (χ1) is 9.67. The molecule has 1 aromatic rings. The Labute approximate surface area is 117 Å². The molecule has 0 bridgehead atoms. The minimum Gasteiger partial charge on any atom is -0.342 e. The highest BCUT2D eigenvalue weighted by Gasteiger charge is 2.26. The average molecular weight is 274 g/mol. The van der Waals surface area contributed by atoms with Crippen molar-refractivity contribution in [2.45, 2.75) is 19.8 Å². The molecule has 1 saturated heterocycles. The fraction of sp³-hybridized carbons (Fsp3) is 0.571. The first kappa shape index (κ1) is 13.0. The van der Waals surface area contributed by atoms with E-state index in [0.29, 0.717) is 36.9 Å². The molecular weight excluding hydrogens is 256 g/mol. The van der Waals surface area contributed by atoms with Crippen LogP contribution < -0.4 is 4.90 Å². The predicted octanol–water partition coefficient (Wildman–Crippen LogP) is 0.520. The summed E-state index contributed by atoms with van der Waals surface area (Å²) in [6, 6.07) is 0. The van der Waals surface area contributed by atoms with Crippen LogP contribution in [0.25, 0.3) is 0 Å². The molecule has 20 heavy (non-hydrogen) atoms. The molecule has 1 atom stereocenters. The number of amides is 1. The van der Waals surface area contributed by atoms with Crippen molar-refractivity contribution in [2.75, 3.05) is 31.1 Å². The van der Waals surface area contributed by atoms with Crippen LogP contribution in [0.15, 0.2) is 6.20 Å². The molecule has 3 rings (SSSR count). The van der Waals surface area contributed by atoms with Crippen LogP contribution in [0.2, 0.25) is 0 Å². The summed E-state index contributed by atoms with van der Waals surface area (Å²) in [5.74, 6) is 1.18. The van der Waals surface area contributed by atoms with E-state index < -0.39 is 0 Å². The highest BCUT2D eigenvalue weighted by atomic mass is 16.1. The number of rotatable bonds is 2. The van der Waals surface area contributed by atoms with E-state index in [0.717, 1.165) is 31.6 Å². The van der Waals surface area contributed by atoms with Crippen molar-refractivity contribution in [1.82, 2.24) is 14.9 Å². The SMILES string of the molecule is CC1CC(=O)c2cnc(N3CCN(C=O)CC3)nc2C1. The maximum atomic E-state index is 11.9. The number of Topliss-reactive ketones (excluding diaryl/α,β-unsaturated/α-hetero) is 1. The lowest BCUT2D eigenvalue weighted by Crippen LogP contribution is -2.46. The van der Waals surface area contributed by atoms with Gasteiger partial charge in [-0.25, -0.2) is 9.97 Å². The number of carbonyl (C=O) groups is 2. The summed E-state index contributed by atoms with van der Waals surface area (Å²) in [5, 5.41) is 0. The molecule has 0 spiro atoms. The molecule has 1 aliphatic carbocycles. The minimum atomic E-state index is 0.149. The van der Waals surface area contributed by atoms with Gasteiger partial charge < -0.3 is 9.80 Å². The summed E-state index contributed by atoms with van der Waals surface area (Å²) < 4.78 is 0. The van der Waals surface area contributed by atoms with Crippen molar-refractivity contribution < 1.29 is 9.59 Å². The van der Waals surface area contributed by atoms with Gasteiger partial charge >= 0.3 is 0 Å².